The van der Waals surface area contributed by atoms with Crippen molar-refractivity contribution in [2.75, 3.05) is 4.90 Å². The predicted octanol–water partition coefficient (Wildman–Crippen LogP) is 3.52. The van der Waals surface area contributed by atoms with Crippen molar-refractivity contribution < 1.29 is 4.79 Å². The highest BCUT2D eigenvalue weighted by atomic mass is 32.1. The van der Waals surface area contributed by atoms with Gasteiger partial charge in [-0.2, -0.15) is 0 Å². The molecule has 110 valence electrons. The van der Waals surface area contributed by atoms with E-state index in [1.54, 1.807) is 0 Å². The van der Waals surface area contributed by atoms with Crippen molar-refractivity contribution in [2.24, 2.45) is 0 Å². The van der Waals surface area contributed by atoms with Crippen molar-refractivity contribution in [2.45, 2.75) is 46.2 Å². The van der Waals surface area contributed by atoms with E-state index in [4.69, 9.17) is 12.2 Å². The van der Waals surface area contributed by atoms with Crippen LogP contribution in [0.3, 0.4) is 0 Å². The van der Waals surface area contributed by atoms with Crippen LogP contribution in [0.2, 0.25) is 0 Å². The normalized spacial score (nSPS) is 22.0. The second-order valence-corrected chi connectivity index (χ2v) is 6.96. The van der Waals surface area contributed by atoms with E-state index >= 15 is 0 Å². The molecule has 0 saturated heterocycles. The number of rotatable bonds is 1. The molecule has 2 aliphatic heterocycles. The van der Waals surface area contributed by atoms with Crippen molar-refractivity contribution in [1.29, 1.82) is 0 Å². The van der Waals surface area contributed by atoms with Crippen LogP contribution in [0.15, 0.2) is 18.2 Å². The average Bonchev–Trinajstić information content (AvgIpc) is 2.60. The topological polar surface area (TPSA) is 32.3 Å². The lowest BCUT2D eigenvalue weighted by Gasteiger charge is -2.40. The Labute approximate surface area is 131 Å². The molecule has 0 fully saturated rings. The van der Waals surface area contributed by atoms with Crippen molar-refractivity contribution in [1.82, 2.24) is 5.32 Å². The average molecular weight is 300 g/mol. The molecule has 0 aromatic heterocycles. The van der Waals surface area contributed by atoms with E-state index in [1.165, 1.54) is 23.6 Å². The standard InChI is InChI=1S/C17H20N2OS/c1-9-6-12-10(2)8-17(4,5)19-15(12)13(7-9)14(16(19)21)18-11(3)20/h6-8,14H,1-5H3,(H,18,20). The fraction of sp³-hybridized carbons (Fsp3) is 0.412. The Morgan fingerprint density at radius 1 is 1.33 bits per heavy atom. The van der Waals surface area contributed by atoms with E-state index in [9.17, 15) is 4.79 Å². The Morgan fingerprint density at radius 2 is 2.00 bits per heavy atom. The number of amides is 1. The number of nitrogens with one attached hydrogen (secondary N) is 1. The number of hydrogen-bond acceptors (Lipinski definition) is 2. The molecule has 0 spiro atoms. The zero-order valence-corrected chi connectivity index (χ0v) is 13.9. The lowest BCUT2D eigenvalue weighted by molar-refractivity contribution is -0.119. The van der Waals surface area contributed by atoms with Gasteiger partial charge in [-0.3, -0.25) is 4.79 Å². The third-order valence-corrected chi connectivity index (χ3v) is 4.62. The molecular weight excluding hydrogens is 280 g/mol. The summed E-state index contributed by atoms with van der Waals surface area (Å²) in [5.41, 5.74) is 5.78. The first-order valence-corrected chi connectivity index (χ1v) is 7.59. The first-order valence-electron chi connectivity index (χ1n) is 7.18. The number of anilines is 1. The molecule has 4 heteroatoms. The van der Waals surface area contributed by atoms with Gasteiger partial charge in [-0.15, -0.1) is 0 Å². The highest BCUT2D eigenvalue weighted by Crippen LogP contribution is 2.49. The smallest absolute Gasteiger partial charge is 0.217 e. The van der Waals surface area contributed by atoms with Crippen LogP contribution < -0.4 is 10.2 Å². The van der Waals surface area contributed by atoms with Crippen molar-refractivity contribution >= 4 is 34.4 Å². The number of thiocarbonyl (C=S) groups is 1. The van der Waals surface area contributed by atoms with Crippen LogP contribution in [-0.4, -0.2) is 16.4 Å². The molecule has 0 bridgehead atoms. The number of allylic oxidation sites excluding steroid dienone is 1. The fourth-order valence-corrected chi connectivity index (χ4v) is 4.05. The number of benzene rings is 1. The molecule has 3 nitrogen and oxygen atoms in total. The molecule has 1 aromatic rings. The predicted molar refractivity (Wildman–Crippen MR) is 90.5 cm³/mol. The molecule has 0 aliphatic carbocycles. The Morgan fingerprint density at radius 3 is 2.62 bits per heavy atom. The molecule has 0 saturated carbocycles. The van der Waals surface area contributed by atoms with Crippen LogP contribution in [-0.2, 0) is 4.79 Å². The minimum Gasteiger partial charge on any atom is -0.343 e. The SMILES string of the molecule is CC(=O)NC1C(=S)N2c3c(cc(C)cc31)C(C)=CC2(C)C. The zero-order valence-electron chi connectivity index (χ0n) is 13.1. The van der Waals surface area contributed by atoms with Crippen molar-refractivity contribution in [3.8, 4) is 0 Å². The van der Waals surface area contributed by atoms with Gasteiger partial charge in [-0.25, -0.2) is 0 Å². The van der Waals surface area contributed by atoms with Gasteiger partial charge in [0.1, 0.15) is 11.0 Å². The molecule has 1 unspecified atom stereocenters. The third-order valence-electron chi connectivity index (χ3n) is 4.20. The zero-order chi connectivity index (χ0) is 15.5. The van der Waals surface area contributed by atoms with E-state index in [-0.39, 0.29) is 17.5 Å². The molecule has 21 heavy (non-hydrogen) atoms. The van der Waals surface area contributed by atoms with Gasteiger partial charge in [0.2, 0.25) is 5.91 Å². The number of nitrogens with zero attached hydrogens (tertiary/aromatic N) is 1. The van der Waals surface area contributed by atoms with Crippen molar-refractivity contribution in [3.05, 3.63) is 34.9 Å². The van der Waals surface area contributed by atoms with Gasteiger partial charge in [0.25, 0.3) is 0 Å². The maximum atomic E-state index is 11.6. The molecule has 1 aromatic carbocycles. The van der Waals surface area contributed by atoms with E-state index < -0.39 is 0 Å². The number of carbonyl (C=O) groups is 1. The van der Waals surface area contributed by atoms with Crippen LogP contribution in [0.5, 0.6) is 0 Å². The van der Waals surface area contributed by atoms with Crippen LogP contribution in [0.1, 0.15) is 50.4 Å². The number of carbonyl (C=O) groups excluding carboxylic acids is 1. The fourth-order valence-electron chi connectivity index (χ4n) is 3.54. The second-order valence-electron chi connectivity index (χ2n) is 6.54. The number of hydrogen-bond donors (Lipinski definition) is 1. The minimum atomic E-state index is -0.204. The van der Waals surface area contributed by atoms with Crippen LogP contribution in [0, 0.1) is 6.92 Å². The summed E-state index contributed by atoms with van der Waals surface area (Å²) in [7, 11) is 0. The van der Waals surface area contributed by atoms with E-state index in [0.29, 0.717) is 0 Å². The summed E-state index contributed by atoms with van der Waals surface area (Å²) in [5, 5.41) is 3.00. The first-order chi connectivity index (χ1) is 9.72. The monoisotopic (exact) mass is 300 g/mol. The molecule has 1 N–H and O–H groups in total. The lowest BCUT2D eigenvalue weighted by atomic mass is 9.88. The molecule has 1 atom stereocenters. The van der Waals surface area contributed by atoms with Gasteiger partial charge >= 0.3 is 0 Å². The minimum absolute atomic E-state index is 0.0556. The van der Waals surface area contributed by atoms with Gasteiger partial charge < -0.3 is 10.2 Å². The Hall–Kier alpha value is -1.68. The summed E-state index contributed by atoms with van der Waals surface area (Å²) >= 11 is 5.69. The van der Waals surface area contributed by atoms with Gasteiger partial charge in [0.05, 0.1) is 11.2 Å². The highest BCUT2D eigenvalue weighted by Gasteiger charge is 2.44. The summed E-state index contributed by atoms with van der Waals surface area (Å²) in [6, 6.07) is 4.14. The Bertz CT molecular complexity index is 703. The van der Waals surface area contributed by atoms with Gasteiger partial charge in [-0.1, -0.05) is 29.9 Å². The quantitative estimate of drug-likeness (QED) is 0.806. The van der Waals surface area contributed by atoms with E-state index in [0.717, 1.165) is 16.2 Å². The maximum Gasteiger partial charge on any atom is 0.217 e. The first kappa shape index (κ1) is 14.3. The van der Waals surface area contributed by atoms with Crippen LogP contribution in [0.25, 0.3) is 5.57 Å². The molecule has 3 rings (SSSR count). The van der Waals surface area contributed by atoms with Gasteiger partial charge in [0, 0.05) is 18.1 Å². The maximum absolute atomic E-state index is 11.6. The lowest BCUT2D eigenvalue weighted by Crippen LogP contribution is -2.48. The summed E-state index contributed by atoms with van der Waals surface area (Å²) in [6.07, 6.45) is 2.25. The molecular formula is C17H20N2OS. The number of aryl methyl sites for hydroxylation is 1. The van der Waals surface area contributed by atoms with Crippen LogP contribution >= 0.6 is 12.2 Å². The molecule has 0 radical (unpaired) electrons. The Balaban J connectivity index is 2.28. The summed E-state index contributed by atoms with van der Waals surface area (Å²) in [6.45, 7) is 10.1. The summed E-state index contributed by atoms with van der Waals surface area (Å²) < 4.78 is 0. The summed E-state index contributed by atoms with van der Waals surface area (Å²) in [4.78, 5) is 14.5. The van der Waals surface area contributed by atoms with Gasteiger partial charge in [0.15, 0.2) is 0 Å². The van der Waals surface area contributed by atoms with E-state index in [2.05, 4.69) is 56.1 Å². The third kappa shape index (κ3) is 2.01. The summed E-state index contributed by atoms with van der Waals surface area (Å²) in [5.74, 6) is -0.0556. The second kappa shape index (κ2) is 4.41. The van der Waals surface area contributed by atoms with E-state index in [1.807, 2.05) is 0 Å². The largest absolute Gasteiger partial charge is 0.343 e. The molecule has 2 heterocycles. The van der Waals surface area contributed by atoms with Gasteiger partial charge in [-0.05, 0) is 39.3 Å². The molecule has 1 amide bonds. The van der Waals surface area contributed by atoms with Crippen LogP contribution in [0.4, 0.5) is 5.69 Å². The molecule has 2 aliphatic rings. The van der Waals surface area contributed by atoms with Crippen molar-refractivity contribution in [3.63, 3.8) is 0 Å². The highest BCUT2D eigenvalue weighted by molar-refractivity contribution is 7.80. The Kier molecular flexibility index (Phi) is 2.99.